The van der Waals surface area contributed by atoms with Gasteiger partial charge in [0.05, 0.1) is 0 Å². The van der Waals surface area contributed by atoms with Crippen LogP contribution in [0.5, 0.6) is 0 Å². The number of hydrogen-bond acceptors (Lipinski definition) is 4. The monoisotopic (exact) mass is 172 g/mol. The van der Waals surface area contributed by atoms with E-state index in [0.29, 0.717) is 0 Å². The number of carbonyl (C=O) groups is 3. The molecular formula is C7H8O5. The van der Waals surface area contributed by atoms with Gasteiger partial charge < -0.3 is 9.84 Å². The molecule has 0 aliphatic rings. The van der Waals surface area contributed by atoms with Crippen molar-refractivity contribution in [1.29, 1.82) is 0 Å². The van der Waals surface area contributed by atoms with Gasteiger partial charge in [-0.1, -0.05) is 6.58 Å². The maximum absolute atomic E-state index is 10.5. The first-order valence-corrected chi connectivity index (χ1v) is 3.05. The van der Waals surface area contributed by atoms with Crippen LogP contribution >= 0.6 is 0 Å². The molecule has 12 heavy (non-hydrogen) atoms. The minimum atomic E-state index is -1.73. The lowest BCUT2D eigenvalue weighted by Gasteiger charge is -2.07. The van der Waals surface area contributed by atoms with Crippen LogP contribution in [0.1, 0.15) is 6.92 Å². The predicted octanol–water partition coefficient (Wildman–Crippen LogP) is -0.242. The third-order valence-electron chi connectivity index (χ3n) is 0.994. The Morgan fingerprint density at radius 3 is 2.25 bits per heavy atom. The molecule has 0 heterocycles. The minimum Gasteiger partial charge on any atom is -0.478 e. The highest BCUT2D eigenvalue weighted by molar-refractivity contribution is 6.02. The fraction of sp³-hybridized carbons (Fsp3) is 0.286. The lowest BCUT2D eigenvalue weighted by Crippen LogP contribution is -2.32. The zero-order valence-corrected chi connectivity index (χ0v) is 6.44. The van der Waals surface area contributed by atoms with E-state index in [1.54, 1.807) is 0 Å². The molecule has 0 spiro atoms. The molecule has 0 aromatic rings. The first-order valence-electron chi connectivity index (χ1n) is 3.05. The molecule has 0 amide bonds. The molecule has 0 saturated carbocycles. The van der Waals surface area contributed by atoms with Gasteiger partial charge in [0, 0.05) is 6.08 Å². The number of esters is 1. The fourth-order valence-electron chi connectivity index (χ4n) is 0.472. The maximum atomic E-state index is 10.5. The average molecular weight is 172 g/mol. The first kappa shape index (κ1) is 10.3. The van der Waals surface area contributed by atoms with Crippen molar-refractivity contribution in [1.82, 2.24) is 0 Å². The summed E-state index contributed by atoms with van der Waals surface area (Å²) < 4.78 is 4.22. The van der Waals surface area contributed by atoms with Crippen LogP contribution in [0.25, 0.3) is 0 Å². The second-order valence-electron chi connectivity index (χ2n) is 1.97. The number of carboxylic acids is 1. The van der Waals surface area contributed by atoms with E-state index < -0.39 is 23.8 Å². The summed E-state index contributed by atoms with van der Waals surface area (Å²) in [5.74, 6) is -3.16. The van der Waals surface area contributed by atoms with Crippen molar-refractivity contribution in [3.63, 3.8) is 0 Å². The van der Waals surface area contributed by atoms with Gasteiger partial charge >= 0.3 is 11.9 Å². The summed E-state index contributed by atoms with van der Waals surface area (Å²) in [6, 6.07) is 0. The zero-order chi connectivity index (χ0) is 9.72. The molecule has 0 rings (SSSR count). The van der Waals surface area contributed by atoms with E-state index in [4.69, 9.17) is 5.11 Å². The Balaban J connectivity index is 4.34. The van der Waals surface area contributed by atoms with Gasteiger partial charge in [-0.25, -0.2) is 9.59 Å². The normalized spacial score (nSPS) is 11.4. The topological polar surface area (TPSA) is 80.7 Å². The van der Waals surface area contributed by atoms with Gasteiger partial charge in [0.25, 0.3) is 6.10 Å². The van der Waals surface area contributed by atoms with E-state index in [9.17, 15) is 14.4 Å². The summed E-state index contributed by atoms with van der Waals surface area (Å²) in [5.41, 5.74) is 0. The second kappa shape index (κ2) is 4.27. The van der Waals surface area contributed by atoms with Gasteiger partial charge in [0.15, 0.2) is 5.78 Å². The smallest absolute Gasteiger partial charge is 0.352 e. The van der Waals surface area contributed by atoms with Gasteiger partial charge in [0.1, 0.15) is 0 Å². The van der Waals surface area contributed by atoms with E-state index in [0.717, 1.165) is 13.0 Å². The third kappa shape index (κ3) is 2.96. The minimum absolute atomic E-state index is 0.738. The number of rotatable bonds is 4. The Morgan fingerprint density at radius 2 is 2.00 bits per heavy atom. The van der Waals surface area contributed by atoms with Crippen LogP contribution in [0.2, 0.25) is 0 Å². The number of carbonyl (C=O) groups excluding carboxylic acids is 2. The van der Waals surface area contributed by atoms with Crippen molar-refractivity contribution in [3.05, 3.63) is 12.7 Å². The molecule has 0 aromatic heterocycles. The summed E-state index contributed by atoms with van der Waals surface area (Å²) >= 11 is 0. The van der Waals surface area contributed by atoms with Gasteiger partial charge in [0.2, 0.25) is 0 Å². The molecule has 0 bridgehead atoms. The van der Waals surface area contributed by atoms with Crippen LogP contribution in [0.3, 0.4) is 0 Å². The number of hydrogen-bond donors (Lipinski definition) is 1. The van der Waals surface area contributed by atoms with Crippen LogP contribution in [-0.4, -0.2) is 28.9 Å². The van der Waals surface area contributed by atoms with E-state index >= 15 is 0 Å². The molecule has 0 aliphatic carbocycles. The maximum Gasteiger partial charge on any atom is 0.352 e. The molecule has 5 nitrogen and oxygen atoms in total. The fourth-order valence-corrected chi connectivity index (χ4v) is 0.472. The molecular weight excluding hydrogens is 164 g/mol. The van der Waals surface area contributed by atoms with Crippen LogP contribution < -0.4 is 0 Å². The Bertz CT molecular complexity index is 216. The summed E-state index contributed by atoms with van der Waals surface area (Å²) in [6.07, 6.45) is -0.936. The highest BCUT2D eigenvalue weighted by Crippen LogP contribution is 1.95. The van der Waals surface area contributed by atoms with Crippen molar-refractivity contribution in [2.75, 3.05) is 0 Å². The van der Waals surface area contributed by atoms with Crippen molar-refractivity contribution >= 4 is 17.7 Å². The number of ketones is 1. The Morgan fingerprint density at radius 1 is 1.50 bits per heavy atom. The van der Waals surface area contributed by atoms with Gasteiger partial charge in [-0.2, -0.15) is 0 Å². The highest BCUT2D eigenvalue weighted by atomic mass is 16.6. The van der Waals surface area contributed by atoms with Gasteiger partial charge in [-0.05, 0) is 6.92 Å². The SMILES string of the molecule is C=CC(=O)OC(C(C)=O)C(=O)O. The van der Waals surface area contributed by atoms with Crippen LogP contribution in [0.4, 0.5) is 0 Å². The van der Waals surface area contributed by atoms with E-state index in [1.165, 1.54) is 0 Å². The molecule has 0 aromatic carbocycles. The molecule has 0 fully saturated rings. The second-order valence-corrected chi connectivity index (χ2v) is 1.97. The van der Waals surface area contributed by atoms with Gasteiger partial charge in [-0.15, -0.1) is 0 Å². The lowest BCUT2D eigenvalue weighted by atomic mass is 10.2. The summed E-state index contributed by atoms with van der Waals surface area (Å²) in [5, 5.41) is 8.36. The predicted molar refractivity (Wildman–Crippen MR) is 38.4 cm³/mol. The standard InChI is InChI=1S/C7H8O5/c1-3-5(9)12-6(4(2)8)7(10)11/h3,6H,1H2,2H3,(H,10,11). The van der Waals surface area contributed by atoms with Crippen LogP contribution in [-0.2, 0) is 19.1 Å². The van der Waals surface area contributed by atoms with E-state index in [2.05, 4.69) is 11.3 Å². The zero-order valence-electron chi connectivity index (χ0n) is 6.44. The third-order valence-corrected chi connectivity index (χ3v) is 0.994. The van der Waals surface area contributed by atoms with Crippen molar-refractivity contribution < 1.29 is 24.2 Å². The van der Waals surface area contributed by atoms with E-state index in [-0.39, 0.29) is 0 Å². The quantitative estimate of drug-likeness (QED) is 0.359. The molecule has 1 unspecified atom stereocenters. The summed E-state index contributed by atoms with van der Waals surface area (Å²) in [7, 11) is 0. The molecule has 1 atom stereocenters. The molecule has 0 saturated heterocycles. The van der Waals surface area contributed by atoms with Crippen molar-refractivity contribution in [3.8, 4) is 0 Å². The molecule has 1 N–H and O–H groups in total. The molecule has 66 valence electrons. The Kier molecular flexibility index (Phi) is 3.69. The van der Waals surface area contributed by atoms with Crippen LogP contribution in [0.15, 0.2) is 12.7 Å². The molecule has 5 heteroatoms. The van der Waals surface area contributed by atoms with Gasteiger partial charge in [-0.3, -0.25) is 4.79 Å². The van der Waals surface area contributed by atoms with E-state index in [1.807, 2.05) is 0 Å². The van der Waals surface area contributed by atoms with Crippen molar-refractivity contribution in [2.45, 2.75) is 13.0 Å². The number of aliphatic carboxylic acids is 1. The number of ether oxygens (including phenoxy) is 1. The first-order chi connectivity index (χ1) is 5.49. The van der Waals surface area contributed by atoms with Crippen molar-refractivity contribution in [2.24, 2.45) is 0 Å². The number of carboxylic acid groups (broad SMARTS) is 1. The van der Waals surface area contributed by atoms with Crippen LogP contribution in [0, 0.1) is 0 Å². The molecule has 0 radical (unpaired) electrons. The highest BCUT2D eigenvalue weighted by Gasteiger charge is 2.25. The summed E-state index contributed by atoms with van der Waals surface area (Å²) in [6.45, 7) is 4.08. The molecule has 0 aliphatic heterocycles. The average Bonchev–Trinajstić information content (AvgIpc) is 1.98. The largest absolute Gasteiger partial charge is 0.478 e. The lowest BCUT2D eigenvalue weighted by molar-refractivity contribution is -0.164. The Labute approximate surface area is 68.6 Å². The summed E-state index contributed by atoms with van der Waals surface area (Å²) in [4.78, 5) is 31.3. The Hall–Kier alpha value is -1.65. The number of Topliss-reactive ketones (excluding diaryl/α,β-unsaturated/α-hetero) is 1.